The van der Waals surface area contributed by atoms with Crippen LogP contribution in [0.25, 0.3) is 0 Å². The maximum Gasteiger partial charge on any atom is 0.275 e. The second-order valence-corrected chi connectivity index (χ2v) is 5.72. The quantitative estimate of drug-likeness (QED) is 0.718. The van der Waals surface area contributed by atoms with Gasteiger partial charge in [-0.1, -0.05) is 29.8 Å². The first kappa shape index (κ1) is 16.9. The number of aromatic nitrogens is 2. The Hall–Kier alpha value is -2.99. The summed E-state index contributed by atoms with van der Waals surface area (Å²) in [6, 6.07) is 11.7. The number of para-hydroxylation sites is 1. The first-order valence-corrected chi connectivity index (χ1v) is 7.82. The average molecular weight is 357 g/mol. The summed E-state index contributed by atoms with van der Waals surface area (Å²) in [5, 5.41) is 5.66. The number of carbonyl (C=O) groups is 1. The molecule has 1 amide bonds. The molecule has 0 aliphatic rings. The lowest BCUT2D eigenvalue weighted by molar-refractivity contribution is 0.102. The molecule has 5 nitrogen and oxygen atoms in total. The van der Waals surface area contributed by atoms with Gasteiger partial charge in [-0.25, -0.2) is 14.4 Å². The fourth-order valence-electron chi connectivity index (χ4n) is 2.13. The molecule has 126 valence electrons. The van der Waals surface area contributed by atoms with Crippen molar-refractivity contribution in [2.45, 2.75) is 6.92 Å². The number of aryl methyl sites for hydroxylation is 1. The van der Waals surface area contributed by atoms with E-state index in [4.69, 9.17) is 11.6 Å². The van der Waals surface area contributed by atoms with E-state index in [2.05, 4.69) is 20.6 Å². The molecule has 0 radical (unpaired) electrons. The highest BCUT2D eigenvalue weighted by molar-refractivity contribution is 6.31. The molecule has 0 saturated carbocycles. The van der Waals surface area contributed by atoms with Crippen LogP contribution in [0, 0.1) is 12.7 Å². The Morgan fingerprint density at radius 2 is 1.92 bits per heavy atom. The SMILES string of the molecule is Cc1ccccc1Nc1cnc(C(=O)Nc2ccc(F)c(Cl)c2)cn1. The Labute approximate surface area is 148 Å². The van der Waals surface area contributed by atoms with Crippen molar-refractivity contribution in [1.82, 2.24) is 9.97 Å². The highest BCUT2D eigenvalue weighted by atomic mass is 35.5. The number of anilines is 3. The summed E-state index contributed by atoms with van der Waals surface area (Å²) >= 11 is 5.69. The largest absolute Gasteiger partial charge is 0.339 e. The van der Waals surface area contributed by atoms with Crippen LogP contribution in [0.5, 0.6) is 0 Å². The van der Waals surface area contributed by atoms with Gasteiger partial charge in [0.05, 0.1) is 17.4 Å². The second kappa shape index (κ2) is 7.27. The van der Waals surface area contributed by atoms with E-state index in [-0.39, 0.29) is 10.7 Å². The van der Waals surface area contributed by atoms with Crippen molar-refractivity contribution in [1.29, 1.82) is 0 Å². The Kier molecular flexibility index (Phi) is 4.90. The Morgan fingerprint density at radius 3 is 2.60 bits per heavy atom. The van der Waals surface area contributed by atoms with Gasteiger partial charge in [-0.15, -0.1) is 0 Å². The van der Waals surface area contributed by atoms with E-state index in [1.165, 1.54) is 30.6 Å². The number of amides is 1. The van der Waals surface area contributed by atoms with Crippen LogP contribution >= 0.6 is 11.6 Å². The van der Waals surface area contributed by atoms with E-state index >= 15 is 0 Å². The molecule has 0 aliphatic heterocycles. The van der Waals surface area contributed by atoms with Gasteiger partial charge in [0.15, 0.2) is 0 Å². The molecule has 2 aromatic carbocycles. The van der Waals surface area contributed by atoms with Gasteiger partial charge in [-0.05, 0) is 36.8 Å². The molecule has 0 bridgehead atoms. The van der Waals surface area contributed by atoms with Crippen molar-refractivity contribution in [2.75, 3.05) is 10.6 Å². The summed E-state index contributed by atoms with van der Waals surface area (Å²) in [5.41, 5.74) is 2.49. The summed E-state index contributed by atoms with van der Waals surface area (Å²) in [7, 11) is 0. The highest BCUT2D eigenvalue weighted by Crippen LogP contribution is 2.20. The number of carbonyl (C=O) groups excluding carboxylic acids is 1. The fourth-order valence-corrected chi connectivity index (χ4v) is 2.31. The van der Waals surface area contributed by atoms with Gasteiger partial charge in [0, 0.05) is 11.4 Å². The third kappa shape index (κ3) is 4.10. The monoisotopic (exact) mass is 356 g/mol. The van der Waals surface area contributed by atoms with E-state index in [0.717, 1.165) is 11.3 Å². The lowest BCUT2D eigenvalue weighted by atomic mass is 10.2. The smallest absolute Gasteiger partial charge is 0.275 e. The molecule has 0 unspecified atom stereocenters. The summed E-state index contributed by atoms with van der Waals surface area (Å²) in [5.74, 6) is -0.487. The lowest BCUT2D eigenvalue weighted by Gasteiger charge is -2.09. The van der Waals surface area contributed by atoms with Crippen molar-refractivity contribution in [3.8, 4) is 0 Å². The van der Waals surface area contributed by atoms with Crippen molar-refractivity contribution in [2.24, 2.45) is 0 Å². The van der Waals surface area contributed by atoms with Crippen molar-refractivity contribution in [3.05, 3.63) is 77.0 Å². The van der Waals surface area contributed by atoms with Crippen LogP contribution in [0.4, 0.5) is 21.6 Å². The van der Waals surface area contributed by atoms with Crippen LogP contribution in [-0.2, 0) is 0 Å². The van der Waals surface area contributed by atoms with Gasteiger partial charge in [0.2, 0.25) is 0 Å². The second-order valence-electron chi connectivity index (χ2n) is 5.31. The topological polar surface area (TPSA) is 66.9 Å². The van der Waals surface area contributed by atoms with Crippen LogP contribution < -0.4 is 10.6 Å². The molecular formula is C18H14ClFN4O. The van der Waals surface area contributed by atoms with Gasteiger partial charge < -0.3 is 10.6 Å². The molecule has 3 aromatic rings. The molecule has 0 aliphatic carbocycles. The van der Waals surface area contributed by atoms with Crippen LogP contribution in [-0.4, -0.2) is 15.9 Å². The van der Waals surface area contributed by atoms with Crippen LogP contribution in [0.1, 0.15) is 16.1 Å². The summed E-state index contributed by atoms with van der Waals surface area (Å²) in [6.07, 6.45) is 2.83. The van der Waals surface area contributed by atoms with Crippen LogP contribution in [0.2, 0.25) is 5.02 Å². The molecule has 2 N–H and O–H groups in total. The lowest BCUT2D eigenvalue weighted by Crippen LogP contribution is -2.14. The number of hydrogen-bond acceptors (Lipinski definition) is 4. The predicted octanol–water partition coefficient (Wildman–Crippen LogP) is 4.57. The molecule has 1 aromatic heterocycles. The standard InChI is InChI=1S/C18H14ClFN4O/c1-11-4-2-3-5-15(11)24-17-10-21-16(9-22-17)18(25)23-12-6-7-14(20)13(19)8-12/h2-10H,1H3,(H,22,24)(H,23,25). The zero-order chi connectivity index (χ0) is 17.8. The maximum atomic E-state index is 13.1. The van der Waals surface area contributed by atoms with Crippen molar-refractivity contribution < 1.29 is 9.18 Å². The third-order valence-corrected chi connectivity index (χ3v) is 3.76. The normalized spacial score (nSPS) is 10.4. The molecule has 0 saturated heterocycles. The zero-order valence-corrected chi connectivity index (χ0v) is 14.0. The minimum Gasteiger partial charge on any atom is -0.339 e. The van der Waals surface area contributed by atoms with Gasteiger partial charge in [0.1, 0.15) is 17.3 Å². The molecule has 0 fully saturated rings. The van der Waals surface area contributed by atoms with Gasteiger partial charge in [-0.3, -0.25) is 4.79 Å². The fraction of sp³-hybridized carbons (Fsp3) is 0.0556. The minimum atomic E-state index is -0.550. The number of rotatable bonds is 4. The number of hydrogen-bond donors (Lipinski definition) is 2. The number of halogens is 2. The van der Waals surface area contributed by atoms with E-state index in [1.54, 1.807) is 0 Å². The molecule has 0 spiro atoms. The Bertz CT molecular complexity index is 915. The maximum absolute atomic E-state index is 13.1. The minimum absolute atomic E-state index is 0.0679. The molecular weight excluding hydrogens is 343 g/mol. The summed E-state index contributed by atoms with van der Waals surface area (Å²) < 4.78 is 13.1. The predicted molar refractivity (Wildman–Crippen MR) is 95.9 cm³/mol. The Morgan fingerprint density at radius 1 is 1.12 bits per heavy atom. The average Bonchev–Trinajstić information content (AvgIpc) is 2.61. The Balaban J connectivity index is 1.70. The van der Waals surface area contributed by atoms with Gasteiger partial charge in [-0.2, -0.15) is 0 Å². The van der Waals surface area contributed by atoms with E-state index in [9.17, 15) is 9.18 Å². The molecule has 3 rings (SSSR count). The van der Waals surface area contributed by atoms with E-state index in [0.29, 0.717) is 11.5 Å². The molecule has 1 heterocycles. The highest BCUT2D eigenvalue weighted by Gasteiger charge is 2.10. The summed E-state index contributed by atoms with van der Waals surface area (Å²) in [6.45, 7) is 1.98. The number of nitrogens with zero attached hydrogens (tertiary/aromatic N) is 2. The molecule has 7 heteroatoms. The number of nitrogens with one attached hydrogen (secondary N) is 2. The molecule has 0 atom stereocenters. The van der Waals surface area contributed by atoms with Gasteiger partial charge in [0.25, 0.3) is 5.91 Å². The number of benzene rings is 2. The van der Waals surface area contributed by atoms with Crippen LogP contribution in [0.15, 0.2) is 54.9 Å². The van der Waals surface area contributed by atoms with Crippen molar-refractivity contribution >= 4 is 34.7 Å². The third-order valence-electron chi connectivity index (χ3n) is 3.47. The van der Waals surface area contributed by atoms with Crippen LogP contribution in [0.3, 0.4) is 0 Å². The molecule has 25 heavy (non-hydrogen) atoms. The zero-order valence-electron chi connectivity index (χ0n) is 13.3. The first-order chi connectivity index (χ1) is 12.0. The first-order valence-electron chi connectivity index (χ1n) is 7.44. The van der Waals surface area contributed by atoms with Gasteiger partial charge >= 0.3 is 0 Å². The van der Waals surface area contributed by atoms with E-state index in [1.807, 2.05) is 31.2 Å². The van der Waals surface area contributed by atoms with Crippen molar-refractivity contribution in [3.63, 3.8) is 0 Å². The van der Waals surface area contributed by atoms with E-state index < -0.39 is 11.7 Å². The summed E-state index contributed by atoms with van der Waals surface area (Å²) in [4.78, 5) is 20.4.